The average Bonchev–Trinajstić information content (AvgIpc) is 3.01. The van der Waals surface area contributed by atoms with Crippen LogP contribution in [0.15, 0.2) is 29.4 Å². The number of carbonyl (C=O) groups is 2. The van der Waals surface area contributed by atoms with Crippen molar-refractivity contribution < 1.29 is 49.3 Å². The zero-order valence-corrected chi connectivity index (χ0v) is 28.8. The van der Waals surface area contributed by atoms with E-state index in [1.165, 1.54) is 13.0 Å². The molecule has 1 aliphatic carbocycles. The topological polar surface area (TPSA) is 163 Å². The SMILES string of the molecule is COC(OC)[C@@H]1CC[C@H](C(C)(C)O)O[C@H]1CC/C(C)=C/CC/C(C)=C/C[C@]1(O)C(=O)c2c(O)cc(C)c3c(O)c(C)c(O)c(c23)C1=O. The van der Waals surface area contributed by atoms with Crippen molar-refractivity contribution in [2.24, 2.45) is 5.92 Å². The summed E-state index contributed by atoms with van der Waals surface area (Å²) in [6.07, 6.45) is 6.97. The van der Waals surface area contributed by atoms with Gasteiger partial charge < -0.3 is 39.7 Å². The minimum absolute atomic E-state index is 0.0407. The number of Topliss-reactive ketones (excluding diaryl/α,β-unsaturated/α-hetero) is 2. The zero-order valence-electron chi connectivity index (χ0n) is 28.8. The molecule has 1 heterocycles. The lowest BCUT2D eigenvalue weighted by atomic mass is 9.73. The summed E-state index contributed by atoms with van der Waals surface area (Å²) in [6.45, 7) is 10.5. The number of aromatic hydroxyl groups is 3. The Hall–Kier alpha value is -3.28. The van der Waals surface area contributed by atoms with Crippen molar-refractivity contribution in [2.45, 2.75) is 116 Å². The molecule has 0 bridgehead atoms. The molecule has 1 aliphatic heterocycles. The van der Waals surface area contributed by atoms with Crippen molar-refractivity contribution in [1.29, 1.82) is 0 Å². The standard InChI is InChI=1S/C37H50O10/c1-19(12-14-25-23(35(45-7)46-8)13-15-26(47-25)36(5,6)43)10-9-11-20(2)16-17-37(44)33(41)28-24(38)18-21(3)27-29(28)30(34(37)42)32(40)22(4)31(27)39/h10,16,18,23,25-26,35,38-40,43-44H,9,11-15,17H2,1-8H3/b19-10+,20-16+/t23-,25+,26-,37+/m1/s1. The Morgan fingerprint density at radius 1 is 0.979 bits per heavy atom. The van der Waals surface area contributed by atoms with Gasteiger partial charge in [-0.2, -0.15) is 0 Å². The molecule has 1 fully saturated rings. The lowest BCUT2D eigenvalue weighted by Crippen LogP contribution is -2.49. The molecule has 4 rings (SSSR count). The molecule has 0 amide bonds. The number of allylic oxidation sites excluding steroid dienone is 3. The fraction of sp³-hybridized carbons (Fsp3) is 0.568. The van der Waals surface area contributed by atoms with E-state index in [2.05, 4.69) is 13.0 Å². The minimum atomic E-state index is -2.53. The average molecular weight is 655 g/mol. The van der Waals surface area contributed by atoms with Crippen LogP contribution in [0, 0.1) is 19.8 Å². The van der Waals surface area contributed by atoms with Crippen molar-refractivity contribution in [2.75, 3.05) is 14.2 Å². The maximum Gasteiger partial charge on any atom is 0.207 e. The highest BCUT2D eigenvalue weighted by Gasteiger charge is 2.51. The van der Waals surface area contributed by atoms with Gasteiger partial charge in [0.25, 0.3) is 0 Å². The van der Waals surface area contributed by atoms with Crippen LogP contribution in [0.5, 0.6) is 17.2 Å². The monoisotopic (exact) mass is 654 g/mol. The van der Waals surface area contributed by atoms with E-state index in [0.717, 1.165) is 30.4 Å². The molecule has 0 saturated carbocycles. The van der Waals surface area contributed by atoms with E-state index in [1.54, 1.807) is 41.1 Å². The van der Waals surface area contributed by atoms with Gasteiger partial charge in [0.05, 0.1) is 28.9 Å². The molecule has 2 aromatic carbocycles. The summed E-state index contributed by atoms with van der Waals surface area (Å²) in [5, 5.41) is 54.5. The van der Waals surface area contributed by atoms with Crippen molar-refractivity contribution >= 4 is 22.3 Å². The van der Waals surface area contributed by atoms with Crippen LogP contribution in [0.4, 0.5) is 0 Å². The zero-order chi connectivity index (χ0) is 35.0. The van der Waals surface area contributed by atoms with E-state index in [4.69, 9.17) is 14.2 Å². The summed E-state index contributed by atoms with van der Waals surface area (Å²) in [5.41, 5.74) is -1.57. The molecule has 0 aromatic heterocycles. The molecule has 0 spiro atoms. The number of rotatable bonds is 12. The Bertz CT molecular complexity index is 1590. The van der Waals surface area contributed by atoms with Gasteiger partial charge in [-0.25, -0.2) is 0 Å². The predicted octanol–water partition coefficient (Wildman–Crippen LogP) is 6.08. The lowest BCUT2D eigenvalue weighted by molar-refractivity contribution is -0.221. The first-order valence-electron chi connectivity index (χ1n) is 16.2. The number of phenols is 3. The van der Waals surface area contributed by atoms with Gasteiger partial charge in [-0.15, -0.1) is 0 Å². The fourth-order valence-corrected chi connectivity index (χ4v) is 7.02. The molecule has 258 valence electrons. The Morgan fingerprint density at radius 3 is 2.21 bits per heavy atom. The highest BCUT2D eigenvalue weighted by atomic mass is 16.7. The largest absolute Gasteiger partial charge is 0.507 e. The third-order valence-electron chi connectivity index (χ3n) is 9.92. The quantitative estimate of drug-likeness (QED) is 0.103. The van der Waals surface area contributed by atoms with E-state index in [0.29, 0.717) is 24.8 Å². The van der Waals surface area contributed by atoms with Gasteiger partial charge >= 0.3 is 0 Å². The molecule has 1 saturated heterocycles. The maximum atomic E-state index is 13.7. The Balaban J connectivity index is 1.45. The highest BCUT2D eigenvalue weighted by Crippen LogP contribution is 2.49. The van der Waals surface area contributed by atoms with Crippen molar-refractivity contribution in [3.63, 3.8) is 0 Å². The molecule has 47 heavy (non-hydrogen) atoms. The number of carbonyl (C=O) groups excluding carboxylic acids is 2. The van der Waals surface area contributed by atoms with Crippen molar-refractivity contribution in [3.8, 4) is 17.2 Å². The van der Waals surface area contributed by atoms with Gasteiger partial charge in [0.2, 0.25) is 11.6 Å². The van der Waals surface area contributed by atoms with E-state index >= 15 is 0 Å². The molecule has 2 aliphatic rings. The summed E-state index contributed by atoms with van der Waals surface area (Å²) >= 11 is 0. The normalized spacial score (nSPS) is 24.1. The molecule has 5 N–H and O–H groups in total. The maximum absolute atomic E-state index is 13.7. The number of phenolic OH excluding ortho intramolecular Hbond substituents is 3. The number of benzene rings is 2. The van der Waals surface area contributed by atoms with Gasteiger partial charge in [0, 0.05) is 42.9 Å². The van der Waals surface area contributed by atoms with Gasteiger partial charge in [-0.1, -0.05) is 23.3 Å². The lowest BCUT2D eigenvalue weighted by Gasteiger charge is -2.43. The van der Waals surface area contributed by atoms with Crippen LogP contribution in [0.3, 0.4) is 0 Å². The van der Waals surface area contributed by atoms with Gasteiger partial charge in [-0.05, 0) is 91.7 Å². The molecule has 10 heteroatoms. The fourth-order valence-electron chi connectivity index (χ4n) is 7.02. The van der Waals surface area contributed by atoms with E-state index in [-0.39, 0.29) is 57.8 Å². The van der Waals surface area contributed by atoms with E-state index in [9.17, 15) is 35.1 Å². The number of methoxy groups -OCH3 is 2. The molecule has 0 radical (unpaired) electrons. The van der Waals surface area contributed by atoms with Crippen LogP contribution < -0.4 is 0 Å². The van der Waals surface area contributed by atoms with E-state index in [1.807, 2.05) is 6.92 Å². The van der Waals surface area contributed by atoms with E-state index < -0.39 is 40.6 Å². The summed E-state index contributed by atoms with van der Waals surface area (Å²) in [5.74, 6) is -3.15. The molecule has 4 atom stereocenters. The number of aryl methyl sites for hydroxylation is 1. The summed E-state index contributed by atoms with van der Waals surface area (Å²) in [7, 11) is 3.24. The highest BCUT2D eigenvalue weighted by molar-refractivity contribution is 6.36. The summed E-state index contributed by atoms with van der Waals surface area (Å²) in [6, 6.07) is 1.31. The number of aliphatic hydroxyl groups is 2. The van der Waals surface area contributed by atoms with Crippen LogP contribution in [-0.2, 0) is 14.2 Å². The third kappa shape index (κ3) is 6.98. The van der Waals surface area contributed by atoms with Crippen LogP contribution in [-0.4, -0.2) is 81.0 Å². The molecular formula is C37H50O10. The summed E-state index contributed by atoms with van der Waals surface area (Å²) < 4.78 is 17.5. The molecular weight excluding hydrogens is 604 g/mol. The smallest absolute Gasteiger partial charge is 0.207 e. The predicted molar refractivity (Wildman–Crippen MR) is 178 cm³/mol. The second-order valence-corrected chi connectivity index (χ2v) is 13.8. The molecule has 10 nitrogen and oxygen atoms in total. The number of hydrogen-bond acceptors (Lipinski definition) is 10. The van der Waals surface area contributed by atoms with Gasteiger partial charge in [0.15, 0.2) is 11.9 Å². The minimum Gasteiger partial charge on any atom is -0.507 e. The van der Waals surface area contributed by atoms with Crippen LogP contribution >= 0.6 is 0 Å². The Morgan fingerprint density at radius 2 is 1.60 bits per heavy atom. The number of ketones is 2. The van der Waals surface area contributed by atoms with Crippen LogP contribution in [0.25, 0.3) is 10.8 Å². The first-order chi connectivity index (χ1) is 22.0. The van der Waals surface area contributed by atoms with Gasteiger partial charge in [-0.3, -0.25) is 9.59 Å². The first kappa shape index (κ1) is 36.6. The Labute approximate surface area is 276 Å². The number of hydrogen-bond donors (Lipinski definition) is 5. The van der Waals surface area contributed by atoms with Crippen molar-refractivity contribution in [1.82, 2.24) is 0 Å². The van der Waals surface area contributed by atoms with Crippen molar-refractivity contribution in [3.05, 3.63) is 51.6 Å². The Kier molecular flexibility index (Phi) is 10.9. The molecule has 0 unspecified atom stereocenters. The second-order valence-electron chi connectivity index (χ2n) is 13.8. The first-order valence-corrected chi connectivity index (χ1v) is 16.2. The second kappa shape index (κ2) is 14.1. The van der Waals surface area contributed by atoms with Crippen LogP contribution in [0.1, 0.15) is 104 Å². The van der Waals surface area contributed by atoms with Gasteiger partial charge in [0.1, 0.15) is 17.2 Å². The van der Waals surface area contributed by atoms with Crippen LogP contribution in [0.2, 0.25) is 0 Å². The summed E-state index contributed by atoms with van der Waals surface area (Å²) in [4.78, 5) is 27.3. The number of ether oxygens (including phenoxy) is 3. The third-order valence-corrected chi connectivity index (χ3v) is 9.92. The molecule has 2 aromatic rings.